The Kier molecular flexibility index (Phi) is 21.8. The number of ketones is 1. The molecule has 0 bridgehead atoms. The second-order valence-corrected chi connectivity index (χ2v) is 9.61. The Hall–Kier alpha value is -3.25. The first-order chi connectivity index (χ1) is 19.9. The summed E-state index contributed by atoms with van der Waals surface area (Å²) in [7, 11) is 3.18. The second-order valence-electron chi connectivity index (χ2n) is 9.61. The van der Waals surface area contributed by atoms with Gasteiger partial charge in [0, 0.05) is 19.1 Å². The lowest BCUT2D eigenvalue weighted by molar-refractivity contribution is -0.130. The molecule has 2 aliphatic heterocycles. The van der Waals surface area contributed by atoms with Crippen LogP contribution in [0.3, 0.4) is 0 Å². The van der Waals surface area contributed by atoms with Crippen LogP contribution in [0.25, 0.3) is 0 Å². The number of Topliss-reactive ketones (excluding diaryl/α,β-unsaturated/α-hetero) is 1. The number of amides is 3. The maximum Gasteiger partial charge on any atom is 0.269 e. The molecular weight excluding hydrogens is 544 g/mol. The summed E-state index contributed by atoms with van der Waals surface area (Å²) in [6.45, 7) is 19.8. The van der Waals surface area contributed by atoms with Gasteiger partial charge in [-0.05, 0) is 47.1 Å². The van der Waals surface area contributed by atoms with Crippen LogP contribution >= 0.6 is 0 Å². The predicted octanol–water partition coefficient (Wildman–Crippen LogP) is 3.06. The molecule has 0 spiro atoms. The molecule has 0 radical (unpaired) electrons. The molecular formula is C30H54N4O8. The summed E-state index contributed by atoms with van der Waals surface area (Å²) in [4.78, 5) is 51.2. The molecule has 3 N–H and O–H groups in total. The number of oxime groups is 1. The second kappa shape index (κ2) is 22.4. The molecule has 242 valence electrons. The van der Waals surface area contributed by atoms with E-state index in [1.54, 1.807) is 27.2 Å². The van der Waals surface area contributed by atoms with Crippen LogP contribution in [0.15, 0.2) is 28.6 Å². The monoisotopic (exact) mass is 598 g/mol. The van der Waals surface area contributed by atoms with E-state index >= 15 is 0 Å². The molecule has 3 amide bonds. The van der Waals surface area contributed by atoms with E-state index in [2.05, 4.69) is 21.1 Å². The summed E-state index contributed by atoms with van der Waals surface area (Å²) in [5.41, 5.74) is 0.548. The number of carbonyl (C=O) groups excluding carboxylic acids is 4. The van der Waals surface area contributed by atoms with Gasteiger partial charge in [-0.15, -0.1) is 0 Å². The average Bonchev–Trinajstić information content (AvgIpc) is 3.65. The van der Waals surface area contributed by atoms with E-state index < -0.39 is 17.6 Å². The summed E-state index contributed by atoms with van der Waals surface area (Å²) in [5.74, 6) is 0.0216. The largest absolute Gasteiger partial charge is 0.501 e. The van der Waals surface area contributed by atoms with E-state index in [-0.39, 0.29) is 36.3 Å². The molecule has 5 atom stereocenters. The van der Waals surface area contributed by atoms with Crippen molar-refractivity contribution >= 4 is 29.7 Å². The van der Waals surface area contributed by atoms with Crippen LogP contribution in [0.2, 0.25) is 0 Å². The number of allylic oxidation sites excluding steroid dienone is 3. The van der Waals surface area contributed by atoms with Crippen molar-refractivity contribution in [2.24, 2.45) is 11.1 Å². The molecule has 2 heterocycles. The SMILES string of the molecule is CC.CC.CO/C(C)=C/C=C(\C)C[C@H](NC(=O)CNC=O)C(=O)[C@@]1(C)CO1.COC[C@@H](C)NC(=O)C1=NOC(C)C1C. The third-order valence-corrected chi connectivity index (χ3v) is 6.03. The van der Waals surface area contributed by atoms with Gasteiger partial charge in [0.25, 0.3) is 5.91 Å². The number of ether oxygens (including phenoxy) is 3. The summed E-state index contributed by atoms with van der Waals surface area (Å²) >= 11 is 0. The molecule has 0 saturated carbocycles. The van der Waals surface area contributed by atoms with E-state index in [9.17, 15) is 19.2 Å². The normalized spacial score (nSPS) is 22.0. The predicted molar refractivity (Wildman–Crippen MR) is 164 cm³/mol. The molecule has 0 aromatic carbocycles. The van der Waals surface area contributed by atoms with Crippen molar-refractivity contribution in [1.82, 2.24) is 16.0 Å². The van der Waals surface area contributed by atoms with E-state index in [1.165, 1.54) is 0 Å². The highest BCUT2D eigenvalue weighted by Crippen LogP contribution is 2.29. The molecule has 42 heavy (non-hydrogen) atoms. The van der Waals surface area contributed by atoms with Crippen molar-refractivity contribution in [3.05, 3.63) is 23.5 Å². The third-order valence-electron chi connectivity index (χ3n) is 6.03. The lowest BCUT2D eigenvalue weighted by Gasteiger charge is -2.20. The summed E-state index contributed by atoms with van der Waals surface area (Å²) in [5, 5.41) is 11.5. The number of hydrogen-bond donors (Lipinski definition) is 3. The maximum atomic E-state index is 12.5. The van der Waals surface area contributed by atoms with Crippen molar-refractivity contribution in [3.63, 3.8) is 0 Å². The minimum atomic E-state index is -0.825. The lowest BCUT2D eigenvalue weighted by Crippen LogP contribution is -2.48. The highest BCUT2D eigenvalue weighted by Gasteiger charge is 2.50. The first kappa shape index (κ1) is 40.9. The number of rotatable bonds is 14. The first-order valence-corrected chi connectivity index (χ1v) is 14.4. The Morgan fingerprint density at radius 3 is 2.14 bits per heavy atom. The van der Waals surface area contributed by atoms with Gasteiger partial charge in [-0.1, -0.05) is 51.4 Å². The molecule has 0 aromatic rings. The molecule has 0 aromatic heterocycles. The standard InChI is InChI=1S/C16H24N2O5.C10H18N2O3.2C2H6/c1-11(5-6-12(2)22-4)7-13(15(21)16(3)9-23-16)18-14(20)8-17-10-19;1-6(5-14-4)11-10(13)9-7(2)8(3)15-12-9;2*1-2/h5-6,10,13H,7-9H2,1-4H3,(H,17,19)(H,18,20);6-8H,5H2,1-4H3,(H,11,13);2*1-2H3/b11-5+,12-6+;;;/t13-,16+;6-,7?,8?;;/m01../s1. The Bertz CT molecular complexity index is 928. The topological polar surface area (TPSA) is 157 Å². The molecule has 0 aliphatic carbocycles. The Balaban J connectivity index is 0. The van der Waals surface area contributed by atoms with Crippen LogP contribution < -0.4 is 16.0 Å². The van der Waals surface area contributed by atoms with Gasteiger partial charge in [0.05, 0.1) is 38.7 Å². The number of nitrogens with one attached hydrogen (secondary N) is 3. The molecule has 2 rings (SSSR count). The maximum absolute atomic E-state index is 12.5. The van der Waals surface area contributed by atoms with Crippen molar-refractivity contribution in [2.45, 2.75) is 99.4 Å². The van der Waals surface area contributed by atoms with E-state index in [0.29, 0.717) is 31.8 Å². The number of hydrogen-bond acceptors (Lipinski definition) is 9. The molecule has 2 aliphatic rings. The van der Waals surface area contributed by atoms with Gasteiger partial charge < -0.3 is 35.0 Å². The minimum Gasteiger partial charge on any atom is -0.501 e. The van der Waals surface area contributed by atoms with E-state index in [0.717, 1.165) is 11.3 Å². The van der Waals surface area contributed by atoms with Crippen LogP contribution in [0, 0.1) is 5.92 Å². The molecule has 1 saturated heterocycles. The van der Waals surface area contributed by atoms with Crippen molar-refractivity contribution in [2.75, 3.05) is 34.0 Å². The van der Waals surface area contributed by atoms with Crippen LogP contribution in [0.1, 0.15) is 75.7 Å². The fraction of sp³-hybridized carbons (Fsp3) is 0.700. The summed E-state index contributed by atoms with van der Waals surface area (Å²) in [6, 6.07) is -0.718. The zero-order valence-corrected chi connectivity index (χ0v) is 27.6. The number of epoxide rings is 1. The van der Waals surface area contributed by atoms with Crippen LogP contribution in [-0.4, -0.2) is 87.5 Å². The Morgan fingerprint density at radius 1 is 1.10 bits per heavy atom. The van der Waals surface area contributed by atoms with Crippen LogP contribution in [0.4, 0.5) is 0 Å². The van der Waals surface area contributed by atoms with Gasteiger partial charge in [0.15, 0.2) is 11.5 Å². The lowest BCUT2D eigenvalue weighted by atomic mass is 9.95. The fourth-order valence-electron chi connectivity index (χ4n) is 3.30. The van der Waals surface area contributed by atoms with Gasteiger partial charge in [0.1, 0.15) is 11.7 Å². The molecule has 12 heteroatoms. The smallest absolute Gasteiger partial charge is 0.269 e. The highest BCUT2D eigenvalue weighted by molar-refractivity contribution is 6.39. The van der Waals surface area contributed by atoms with Gasteiger partial charge in [-0.2, -0.15) is 0 Å². The molecule has 2 unspecified atom stereocenters. The Morgan fingerprint density at radius 2 is 1.69 bits per heavy atom. The Labute approximate surface area is 252 Å². The molecule has 1 fully saturated rings. The molecule has 12 nitrogen and oxygen atoms in total. The average molecular weight is 599 g/mol. The van der Waals surface area contributed by atoms with Crippen molar-refractivity contribution in [1.29, 1.82) is 0 Å². The summed E-state index contributed by atoms with van der Waals surface area (Å²) in [6.07, 6.45) is 4.40. The van der Waals surface area contributed by atoms with Gasteiger partial charge in [0.2, 0.25) is 12.3 Å². The number of nitrogens with zero attached hydrogens (tertiary/aromatic N) is 1. The van der Waals surface area contributed by atoms with Crippen LogP contribution in [0.5, 0.6) is 0 Å². The first-order valence-electron chi connectivity index (χ1n) is 14.4. The zero-order valence-electron chi connectivity index (χ0n) is 27.6. The third kappa shape index (κ3) is 15.7. The van der Waals surface area contributed by atoms with E-state index in [4.69, 9.17) is 19.0 Å². The minimum absolute atomic E-state index is 0.0201. The quantitative estimate of drug-likeness (QED) is 0.119. The van der Waals surface area contributed by atoms with Gasteiger partial charge in [-0.25, -0.2) is 0 Å². The summed E-state index contributed by atoms with van der Waals surface area (Å²) < 4.78 is 15.1. The van der Waals surface area contributed by atoms with Crippen molar-refractivity contribution < 1.29 is 38.2 Å². The highest BCUT2D eigenvalue weighted by atomic mass is 16.6. The fourth-order valence-corrected chi connectivity index (χ4v) is 3.30. The number of carbonyl (C=O) groups is 4. The van der Waals surface area contributed by atoms with Crippen LogP contribution in [-0.2, 0) is 38.2 Å². The van der Waals surface area contributed by atoms with Gasteiger partial charge in [-0.3, -0.25) is 19.2 Å². The van der Waals surface area contributed by atoms with Crippen molar-refractivity contribution in [3.8, 4) is 0 Å². The zero-order chi connectivity index (χ0) is 32.9. The van der Waals surface area contributed by atoms with E-state index in [1.807, 2.05) is 68.4 Å². The number of methoxy groups -OCH3 is 2. The van der Waals surface area contributed by atoms with Gasteiger partial charge >= 0.3 is 0 Å².